The van der Waals surface area contributed by atoms with Crippen LogP contribution in [-0.4, -0.2) is 19.9 Å². The van der Waals surface area contributed by atoms with Crippen LogP contribution >= 0.6 is 0 Å². The molecular formula is C22H20N6. The summed E-state index contributed by atoms with van der Waals surface area (Å²) in [6.07, 6.45) is 3.90. The highest BCUT2D eigenvalue weighted by molar-refractivity contribution is 5.98. The van der Waals surface area contributed by atoms with E-state index in [0.29, 0.717) is 6.54 Å². The van der Waals surface area contributed by atoms with Gasteiger partial charge < -0.3 is 21.0 Å². The van der Waals surface area contributed by atoms with Crippen molar-refractivity contribution in [3.63, 3.8) is 0 Å². The molecule has 0 radical (unpaired) electrons. The SMILES string of the molecule is Cc1nc(N)nc(NCc2ccc3[nH]ccc3c2)c1-c1cccc2[nH]ccc12. The van der Waals surface area contributed by atoms with Gasteiger partial charge in [-0.05, 0) is 53.8 Å². The predicted molar refractivity (Wildman–Crippen MR) is 114 cm³/mol. The zero-order valence-electron chi connectivity index (χ0n) is 15.5. The Balaban J connectivity index is 1.56. The van der Waals surface area contributed by atoms with E-state index in [2.05, 4.69) is 67.7 Å². The summed E-state index contributed by atoms with van der Waals surface area (Å²) >= 11 is 0. The van der Waals surface area contributed by atoms with Gasteiger partial charge in [-0.2, -0.15) is 4.98 Å². The monoisotopic (exact) mass is 368 g/mol. The van der Waals surface area contributed by atoms with E-state index in [-0.39, 0.29) is 5.95 Å². The number of aromatic amines is 2. The Morgan fingerprint density at radius 1 is 0.964 bits per heavy atom. The minimum atomic E-state index is 0.270. The van der Waals surface area contributed by atoms with Gasteiger partial charge in [0.15, 0.2) is 0 Å². The number of nitrogens with zero attached hydrogens (tertiary/aromatic N) is 2. The Kier molecular flexibility index (Phi) is 3.76. The van der Waals surface area contributed by atoms with Crippen LogP contribution in [0.4, 0.5) is 11.8 Å². The maximum absolute atomic E-state index is 5.96. The van der Waals surface area contributed by atoms with Crippen LogP contribution in [0.3, 0.4) is 0 Å². The fourth-order valence-corrected chi connectivity index (χ4v) is 3.75. The number of aromatic nitrogens is 4. The summed E-state index contributed by atoms with van der Waals surface area (Å²) in [5.74, 6) is 1.01. The number of fused-ring (bicyclic) bond motifs is 2. The van der Waals surface area contributed by atoms with E-state index >= 15 is 0 Å². The number of benzene rings is 2. The molecule has 0 unspecified atom stereocenters. The Bertz CT molecular complexity index is 1300. The lowest BCUT2D eigenvalue weighted by molar-refractivity contribution is 1.07. The molecule has 0 spiro atoms. The van der Waals surface area contributed by atoms with Gasteiger partial charge in [-0.15, -0.1) is 0 Å². The summed E-state index contributed by atoms with van der Waals surface area (Å²) in [6.45, 7) is 2.61. The van der Waals surface area contributed by atoms with Gasteiger partial charge in [-0.25, -0.2) is 4.98 Å². The molecule has 3 heterocycles. The van der Waals surface area contributed by atoms with E-state index in [9.17, 15) is 0 Å². The third kappa shape index (κ3) is 2.75. The lowest BCUT2D eigenvalue weighted by Gasteiger charge is -2.15. The van der Waals surface area contributed by atoms with Crippen molar-refractivity contribution in [3.8, 4) is 11.1 Å². The average Bonchev–Trinajstić information content (AvgIpc) is 3.34. The van der Waals surface area contributed by atoms with Gasteiger partial charge in [0.25, 0.3) is 0 Å². The topological polar surface area (TPSA) is 95.4 Å². The summed E-state index contributed by atoms with van der Waals surface area (Å²) in [7, 11) is 0. The summed E-state index contributed by atoms with van der Waals surface area (Å²) in [4.78, 5) is 15.4. The number of H-pyrrole nitrogens is 2. The molecule has 0 aliphatic heterocycles. The summed E-state index contributed by atoms with van der Waals surface area (Å²) in [6, 6.07) is 16.7. The highest BCUT2D eigenvalue weighted by Gasteiger charge is 2.15. The lowest BCUT2D eigenvalue weighted by atomic mass is 10.0. The first kappa shape index (κ1) is 16.4. The third-order valence-corrected chi connectivity index (χ3v) is 5.05. The van der Waals surface area contributed by atoms with E-state index in [1.807, 2.05) is 25.4 Å². The summed E-state index contributed by atoms with van der Waals surface area (Å²) < 4.78 is 0. The predicted octanol–water partition coefficient (Wildman–Crippen LogP) is 4.61. The smallest absolute Gasteiger partial charge is 0.222 e. The maximum atomic E-state index is 5.96. The Morgan fingerprint density at radius 2 is 1.82 bits per heavy atom. The van der Waals surface area contributed by atoms with Crippen molar-refractivity contribution in [2.45, 2.75) is 13.5 Å². The normalized spacial score (nSPS) is 11.3. The first-order valence-electron chi connectivity index (χ1n) is 9.19. The van der Waals surface area contributed by atoms with Gasteiger partial charge >= 0.3 is 0 Å². The van der Waals surface area contributed by atoms with Gasteiger partial charge in [0.1, 0.15) is 5.82 Å². The van der Waals surface area contributed by atoms with Crippen molar-refractivity contribution in [2.75, 3.05) is 11.1 Å². The number of nitrogens with one attached hydrogen (secondary N) is 3. The molecule has 0 saturated carbocycles. The molecule has 5 rings (SSSR count). The van der Waals surface area contributed by atoms with Crippen molar-refractivity contribution in [2.24, 2.45) is 0 Å². The molecule has 0 fully saturated rings. The minimum Gasteiger partial charge on any atom is -0.368 e. The first-order chi connectivity index (χ1) is 13.7. The molecule has 2 aromatic carbocycles. The number of aryl methyl sites for hydroxylation is 1. The van der Waals surface area contributed by atoms with Crippen molar-refractivity contribution < 1.29 is 0 Å². The average molecular weight is 368 g/mol. The molecule has 0 bridgehead atoms. The van der Waals surface area contributed by atoms with Gasteiger partial charge in [0, 0.05) is 40.9 Å². The van der Waals surface area contributed by atoms with E-state index in [0.717, 1.165) is 39.1 Å². The van der Waals surface area contributed by atoms with Crippen LogP contribution in [-0.2, 0) is 6.54 Å². The Morgan fingerprint density at radius 3 is 2.75 bits per heavy atom. The minimum absolute atomic E-state index is 0.270. The van der Waals surface area contributed by atoms with Gasteiger partial charge in [0.05, 0.1) is 5.69 Å². The number of anilines is 2. The van der Waals surface area contributed by atoms with E-state index in [1.165, 1.54) is 10.9 Å². The molecule has 0 amide bonds. The molecule has 0 aliphatic rings. The second kappa shape index (κ2) is 6.42. The number of nitrogen functional groups attached to an aromatic ring is 1. The summed E-state index contributed by atoms with van der Waals surface area (Å²) in [5.41, 5.74) is 12.3. The molecule has 138 valence electrons. The molecule has 6 heteroatoms. The highest BCUT2D eigenvalue weighted by atomic mass is 15.1. The largest absolute Gasteiger partial charge is 0.368 e. The van der Waals surface area contributed by atoms with Crippen molar-refractivity contribution in [3.05, 3.63) is 72.2 Å². The molecule has 5 N–H and O–H groups in total. The Hall–Kier alpha value is -3.80. The van der Waals surface area contributed by atoms with Gasteiger partial charge in [-0.1, -0.05) is 18.2 Å². The molecule has 0 aliphatic carbocycles. The fourth-order valence-electron chi connectivity index (χ4n) is 3.75. The molecule has 28 heavy (non-hydrogen) atoms. The van der Waals surface area contributed by atoms with E-state index in [4.69, 9.17) is 5.73 Å². The molecule has 0 atom stereocenters. The van der Waals surface area contributed by atoms with Crippen LogP contribution < -0.4 is 11.1 Å². The number of rotatable bonds is 4. The Labute approximate surface area is 161 Å². The highest BCUT2D eigenvalue weighted by Crippen LogP contribution is 2.35. The van der Waals surface area contributed by atoms with Crippen molar-refractivity contribution in [1.82, 2.24) is 19.9 Å². The number of hydrogen-bond donors (Lipinski definition) is 4. The van der Waals surface area contributed by atoms with Gasteiger partial charge in [0.2, 0.25) is 5.95 Å². The molecular weight excluding hydrogens is 348 g/mol. The number of nitrogens with two attached hydrogens (primary N) is 1. The standard InChI is InChI=1S/C22H20N6/c1-13-20(17-3-2-4-19-16(17)8-10-25-19)21(28-22(23)27-13)26-12-14-5-6-18-15(11-14)7-9-24-18/h2-11,24-25H,12H2,1H3,(H3,23,26,27,28). The van der Waals surface area contributed by atoms with Crippen molar-refractivity contribution in [1.29, 1.82) is 0 Å². The van der Waals surface area contributed by atoms with Crippen LogP contribution in [0.2, 0.25) is 0 Å². The van der Waals surface area contributed by atoms with E-state index < -0.39 is 0 Å². The second-order valence-corrected chi connectivity index (χ2v) is 6.89. The van der Waals surface area contributed by atoms with Gasteiger partial charge in [-0.3, -0.25) is 0 Å². The zero-order valence-corrected chi connectivity index (χ0v) is 15.5. The second-order valence-electron chi connectivity index (χ2n) is 6.89. The quantitative estimate of drug-likeness (QED) is 0.372. The van der Waals surface area contributed by atoms with Crippen LogP contribution in [0.5, 0.6) is 0 Å². The molecule has 0 saturated heterocycles. The molecule has 6 nitrogen and oxygen atoms in total. The van der Waals surface area contributed by atoms with Crippen LogP contribution in [0, 0.1) is 6.92 Å². The molecule has 3 aromatic heterocycles. The first-order valence-corrected chi connectivity index (χ1v) is 9.19. The molecule has 5 aromatic rings. The lowest BCUT2D eigenvalue weighted by Crippen LogP contribution is -2.08. The van der Waals surface area contributed by atoms with Crippen LogP contribution in [0.1, 0.15) is 11.3 Å². The van der Waals surface area contributed by atoms with Crippen LogP contribution in [0.25, 0.3) is 32.9 Å². The zero-order chi connectivity index (χ0) is 19.1. The summed E-state index contributed by atoms with van der Waals surface area (Å²) in [5, 5.41) is 5.80. The van der Waals surface area contributed by atoms with E-state index in [1.54, 1.807) is 0 Å². The maximum Gasteiger partial charge on any atom is 0.222 e. The fraction of sp³-hybridized carbons (Fsp3) is 0.0909. The third-order valence-electron chi connectivity index (χ3n) is 5.05. The van der Waals surface area contributed by atoms with Crippen molar-refractivity contribution >= 4 is 33.6 Å². The van der Waals surface area contributed by atoms with Crippen LogP contribution in [0.15, 0.2) is 60.9 Å². The number of hydrogen-bond acceptors (Lipinski definition) is 4.